The predicted octanol–water partition coefficient (Wildman–Crippen LogP) is 4.50. The van der Waals surface area contributed by atoms with Crippen LogP contribution in [0.5, 0.6) is 0 Å². The average molecular weight is 263 g/mol. The van der Waals surface area contributed by atoms with E-state index < -0.39 is 0 Å². The summed E-state index contributed by atoms with van der Waals surface area (Å²) >= 11 is 1.81. The van der Waals surface area contributed by atoms with Gasteiger partial charge in [-0.2, -0.15) is 0 Å². The lowest BCUT2D eigenvalue weighted by atomic mass is 9.77. The molecule has 1 aromatic rings. The van der Waals surface area contributed by atoms with Crippen LogP contribution >= 0.6 is 11.8 Å². The lowest BCUT2D eigenvalue weighted by Gasteiger charge is -2.33. The van der Waals surface area contributed by atoms with Gasteiger partial charge in [0.2, 0.25) is 0 Å². The summed E-state index contributed by atoms with van der Waals surface area (Å²) in [7, 11) is 2.10. The maximum Gasteiger partial charge on any atom is 0.0346 e. The number of thioether (sulfide) groups is 1. The van der Waals surface area contributed by atoms with Gasteiger partial charge in [-0.15, -0.1) is 11.8 Å². The molecular formula is C16H25NS. The molecule has 1 unspecified atom stereocenters. The summed E-state index contributed by atoms with van der Waals surface area (Å²) in [5, 5.41) is 3.53. The molecule has 1 aliphatic carbocycles. The van der Waals surface area contributed by atoms with E-state index in [9.17, 15) is 0 Å². The Labute approximate surface area is 116 Å². The summed E-state index contributed by atoms with van der Waals surface area (Å²) < 4.78 is 0. The molecule has 1 aliphatic rings. The maximum absolute atomic E-state index is 3.53. The molecule has 1 saturated carbocycles. The number of hydrogen-bond donors (Lipinski definition) is 1. The molecule has 1 aromatic carbocycles. The largest absolute Gasteiger partial charge is 0.313 e. The van der Waals surface area contributed by atoms with Gasteiger partial charge in [0.05, 0.1) is 0 Å². The summed E-state index contributed by atoms with van der Waals surface area (Å²) in [5.74, 6) is 1.74. The van der Waals surface area contributed by atoms with Crippen LogP contribution in [-0.4, -0.2) is 13.3 Å². The van der Waals surface area contributed by atoms with E-state index >= 15 is 0 Å². The highest BCUT2D eigenvalue weighted by molar-refractivity contribution is 7.98. The molecule has 2 rings (SSSR count). The van der Waals surface area contributed by atoms with Crippen LogP contribution in [0.2, 0.25) is 0 Å². The summed E-state index contributed by atoms with van der Waals surface area (Å²) in [6.45, 7) is 2.39. The van der Waals surface area contributed by atoms with Gasteiger partial charge in [-0.3, -0.25) is 0 Å². The molecule has 1 fully saturated rings. The second-order valence-corrected chi connectivity index (χ2v) is 6.44. The van der Waals surface area contributed by atoms with E-state index in [1.54, 1.807) is 0 Å². The van der Waals surface area contributed by atoms with Crippen LogP contribution < -0.4 is 5.32 Å². The minimum absolute atomic E-state index is 0.536. The Morgan fingerprint density at radius 2 is 1.72 bits per heavy atom. The van der Waals surface area contributed by atoms with Crippen molar-refractivity contribution in [1.29, 1.82) is 0 Å². The highest BCUT2D eigenvalue weighted by Gasteiger charge is 2.25. The summed E-state index contributed by atoms with van der Waals surface area (Å²) in [4.78, 5) is 1.35. The van der Waals surface area contributed by atoms with Crippen molar-refractivity contribution >= 4 is 11.8 Å². The van der Waals surface area contributed by atoms with E-state index in [0.717, 1.165) is 11.8 Å². The summed E-state index contributed by atoms with van der Waals surface area (Å²) in [5.41, 5.74) is 1.45. The third-order valence-electron chi connectivity index (χ3n) is 4.32. The molecule has 0 spiro atoms. The van der Waals surface area contributed by atoms with Crippen LogP contribution in [0.1, 0.15) is 44.2 Å². The van der Waals surface area contributed by atoms with Crippen molar-refractivity contribution in [2.75, 3.05) is 13.3 Å². The lowest BCUT2D eigenvalue weighted by Crippen LogP contribution is -2.28. The van der Waals surface area contributed by atoms with Crippen LogP contribution in [0.3, 0.4) is 0 Å². The number of benzene rings is 1. The van der Waals surface area contributed by atoms with Crippen LogP contribution in [-0.2, 0) is 0 Å². The Balaban J connectivity index is 2.07. The fraction of sp³-hybridized carbons (Fsp3) is 0.625. The van der Waals surface area contributed by atoms with E-state index in [0.29, 0.717) is 6.04 Å². The molecule has 0 saturated heterocycles. The molecule has 100 valence electrons. The smallest absolute Gasteiger partial charge is 0.0346 e. The quantitative estimate of drug-likeness (QED) is 0.803. The fourth-order valence-electron chi connectivity index (χ4n) is 3.10. The second kappa shape index (κ2) is 6.63. The third kappa shape index (κ3) is 3.30. The zero-order valence-corrected chi connectivity index (χ0v) is 12.6. The lowest BCUT2D eigenvalue weighted by molar-refractivity contribution is 0.238. The van der Waals surface area contributed by atoms with Gasteiger partial charge in [0.25, 0.3) is 0 Å². The van der Waals surface area contributed by atoms with Crippen LogP contribution in [0.15, 0.2) is 29.2 Å². The molecule has 1 atom stereocenters. The van der Waals surface area contributed by atoms with Gasteiger partial charge in [0.15, 0.2) is 0 Å². The van der Waals surface area contributed by atoms with E-state index in [2.05, 4.69) is 49.8 Å². The average Bonchev–Trinajstić information content (AvgIpc) is 2.42. The van der Waals surface area contributed by atoms with Gasteiger partial charge in [-0.05, 0) is 55.7 Å². The maximum atomic E-state index is 3.53. The Bertz CT molecular complexity index is 352. The Hall–Kier alpha value is -0.470. The predicted molar refractivity (Wildman–Crippen MR) is 81.1 cm³/mol. The third-order valence-corrected chi connectivity index (χ3v) is 5.06. The van der Waals surface area contributed by atoms with E-state index in [1.807, 2.05) is 11.8 Å². The molecule has 0 heterocycles. The van der Waals surface area contributed by atoms with Gasteiger partial charge >= 0.3 is 0 Å². The van der Waals surface area contributed by atoms with Gasteiger partial charge in [0.1, 0.15) is 0 Å². The van der Waals surface area contributed by atoms with Gasteiger partial charge in [-0.25, -0.2) is 0 Å². The summed E-state index contributed by atoms with van der Waals surface area (Å²) in [6, 6.07) is 9.62. The molecule has 0 amide bonds. The van der Waals surface area contributed by atoms with E-state index in [-0.39, 0.29) is 0 Å². The molecule has 0 bridgehead atoms. The molecule has 2 heteroatoms. The number of nitrogens with one attached hydrogen (secondary N) is 1. The van der Waals surface area contributed by atoms with Crippen molar-refractivity contribution in [3.05, 3.63) is 29.8 Å². The van der Waals surface area contributed by atoms with Crippen molar-refractivity contribution < 1.29 is 0 Å². The van der Waals surface area contributed by atoms with Gasteiger partial charge in [0, 0.05) is 10.9 Å². The SMILES string of the molecule is CNC(c1ccc(SC)cc1)C1CCC(C)CC1. The first kappa shape index (κ1) is 14.0. The van der Waals surface area contributed by atoms with E-state index in [1.165, 1.54) is 36.1 Å². The minimum Gasteiger partial charge on any atom is -0.313 e. The number of rotatable bonds is 4. The van der Waals surface area contributed by atoms with Crippen molar-refractivity contribution in [2.45, 2.75) is 43.5 Å². The van der Waals surface area contributed by atoms with Gasteiger partial charge < -0.3 is 5.32 Å². The fourth-order valence-corrected chi connectivity index (χ4v) is 3.51. The van der Waals surface area contributed by atoms with Crippen molar-refractivity contribution in [1.82, 2.24) is 5.32 Å². The molecular weight excluding hydrogens is 238 g/mol. The van der Waals surface area contributed by atoms with Crippen LogP contribution in [0.25, 0.3) is 0 Å². The Morgan fingerprint density at radius 1 is 1.11 bits per heavy atom. The zero-order valence-electron chi connectivity index (χ0n) is 11.8. The molecule has 0 aromatic heterocycles. The monoisotopic (exact) mass is 263 g/mol. The van der Waals surface area contributed by atoms with Crippen molar-refractivity contribution in [3.63, 3.8) is 0 Å². The molecule has 1 N–H and O–H groups in total. The topological polar surface area (TPSA) is 12.0 Å². The first-order valence-corrected chi connectivity index (χ1v) is 8.28. The Kier molecular flexibility index (Phi) is 5.13. The highest BCUT2D eigenvalue weighted by Crippen LogP contribution is 2.36. The minimum atomic E-state index is 0.536. The zero-order chi connectivity index (χ0) is 13.0. The molecule has 0 aliphatic heterocycles. The second-order valence-electron chi connectivity index (χ2n) is 5.56. The summed E-state index contributed by atoms with van der Waals surface area (Å²) in [6.07, 6.45) is 7.67. The standard InChI is InChI=1S/C16H25NS/c1-12-4-6-13(7-5-12)16(17-2)14-8-10-15(18-3)11-9-14/h8-13,16-17H,4-7H2,1-3H3. The van der Waals surface area contributed by atoms with Crippen molar-refractivity contribution in [3.8, 4) is 0 Å². The van der Waals surface area contributed by atoms with Crippen LogP contribution in [0.4, 0.5) is 0 Å². The van der Waals surface area contributed by atoms with Crippen molar-refractivity contribution in [2.24, 2.45) is 11.8 Å². The van der Waals surface area contributed by atoms with E-state index in [4.69, 9.17) is 0 Å². The molecule has 18 heavy (non-hydrogen) atoms. The van der Waals surface area contributed by atoms with Crippen LogP contribution in [0, 0.1) is 11.8 Å². The first-order valence-electron chi connectivity index (χ1n) is 7.05. The van der Waals surface area contributed by atoms with Gasteiger partial charge in [-0.1, -0.05) is 31.9 Å². The molecule has 1 nitrogen and oxygen atoms in total. The normalized spacial score (nSPS) is 25.9. The number of hydrogen-bond acceptors (Lipinski definition) is 2. The molecule has 0 radical (unpaired) electrons. The first-order chi connectivity index (χ1) is 8.74. The highest BCUT2D eigenvalue weighted by atomic mass is 32.2. The Morgan fingerprint density at radius 3 is 2.22 bits per heavy atom.